The third kappa shape index (κ3) is 2.24. The van der Waals surface area contributed by atoms with Crippen molar-refractivity contribution in [2.45, 2.75) is 31.0 Å². The van der Waals surface area contributed by atoms with Gasteiger partial charge in [-0.2, -0.15) is 20.4 Å². The van der Waals surface area contributed by atoms with Crippen molar-refractivity contribution in [3.8, 4) is 0 Å². The van der Waals surface area contributed by atoms with Gasteiger partial charge in [-0.15, -0.1) is 0 Å². The van der Waals surface area contributed by atoms with E-state index in [1.54, 1.807) is 0 Å². The molecule has 0 aliphatic carbocycles. The number of hydrogen-bond acceptors (Lipinski definition) is 9. The van der Waals surface area contributed by atoms with Gasteiger partial charge >= 0.3 is 0 Å². The maximum absolute atomic E-state index is 11.8. The number of aromatic nitrogens is 7. The summed E-state index contributed by atoms with van der Waals surface area (Å²) >= 11 is 0. The second kappa shape index (κ2) is 5.36. The lowest BCUT2D eigenvalue weighted by Crippen LogP contribution is -2.32. The van der Waals surface area contributed by atoms with Crippen LogP contribution in [0.2, 0.25) is 0 Å². The summed E-state index contributed by atoms with van der Waals surface area (Å²) in [5.41, 5.74) is 5.87. The first-order valence-electron chi connectivity index (χ1n) is 7.13. The molecule has 1 aliphatic heterocycles. The maximum atomic E-state index is 11.8. The molecule has 4 heterocycles. The predicted octanol–water partition coefficient (Wildman–Crippen LogP) is -2.32. The topological polar surface area (TPSA) is 181 Å². The molecule has 4 atom stereocenters. The number of nitrogens with zero attached hydrogens (tertiary/aromatic N) is 5. The van der Waals surface area contributed by atoms with Gasteiger partial charge in [-0.3, -0.25) is 14.3 Å². The molecule has 3 aromatic heterocycles. The van der Waals surface area contributed by atoms with Crippen molar-refractivity contribution in [2.24, 2.45) is 0 Å². The lowest BCUT2D eigenvalue weighted by atomic mass is 10.1. The second-order valence-electron chi connectivity index (χ2n) is 5.49. The Labute approximate surface area is 133 Å². The number of anilines is 1. The van der Waals surface area contributed by atoms with Crippen LogP contribution in [0.1, 0.15) is 11.9 Å². The molecule has 0 amide bonds. The van der Waals surface area contributed by atoms with Gasteiger partial charge in [0, 0.05) is 6.42 Å². The van der Waals surface area contributed by atoms with Crippen LogP contribution in [-0.2, 0) is 11.2 Å². The van der Waals surface area contributed by atoms with Crippen LogP contribution < -0.4 is 11.3 Å². The largest absolute Gasteiger partial charge is 0.388 e. The Balaban J connectivity index is 1.68. The van der Waals surface area contributed by atoms with E-state index in [1.807, 2.05) is 0 Å². The maximum Gasteiger partial charge on any atom is 0.280 e. The Kier molecular flexibility index (Phi) is 3.30. The zero-order chi connectivity index (χ0) is 16.8. The molecule has 0 saturated carbocycles. The van der Waals surface area contributed by atoms with E-state index in [4.69, 9.17) is 10.5 Å². The minimum atomic E-state index is -1.23. The summed E-state index contributed by atoms with van der Waals surface area (Å²) in [6.45, 7) is 0. The highest BCUT2D eigenvalue weighted by Crippen LogP contribution is 2.32. The van der Waals surface area contributed by atoms with Crippen molar-refractivity contribution in [3.05, 3.63) is 28.6 Å². The number of imidazole rings is 1. The SMILES string of the molecule is Nc1nc2c(ncn2[C@@H]2O[C@H](Cc3cn[nH]n3)[C@@H](O)[C@H]2O)c(=O)[nH]1. The smallest absolute Gasteiger partial charge is 0.280 e. The number of H-pyrrole nitrogens is 2. The van der Waals surface area contributed by atoms with E-state index < -0.39 is 30.1 Å². The molecule has 0 aromatic carbocycles. The number of nitrogens with one attached hydrogen (secondary N) is 2. The third-order valence-corrected chi connectivity index (χ3v) is 3.94. The lowest BCUT2D eigenvalue weighted by Gasteiger charge is -2.16. The van der Waals surface area contributed by atoms with Crippen LogP contribution in [0.5, 0.6) is 0 Å². The van der Waals surface area contributed by atoms with Crippen molar-refractivity contribution in [2.75, 3.05) is 5.73 Å². The Morgan fingerprint density at radius 2 is 2.21 bits per heavy atom. The van der Waals surface area contributed by atoms with Crippen LogP contribution in [0.4, 0.5) is 5.95 Å². The Morgan fingerprint density at radius 1 is 1.38 bits per heavy atom. The average molecular weight is 334 g/mol. The number of aromatic amines is 2. The van der Waals surface area contributed by atoms with Crippen molar-refractivity contribution in [3.63, 3.8) is 0 Å². The molecular formula is C12H14N8O4. The number of nitrogens with two attached hydrogens (primary N) is 1. The molecule has 0 bridgehead atoms. The summed E-state index contributed by atoms with van der Waals surface area (Å²) in [4.78, 5) is 22.2. The molecule has 12 nitrogen and oxygen atoms in total. The number of rotatable bonds is 3. The fourth-order valence-electron chi connectivity index (χ4n) is 2.79. The minimum absolute atomic E-state index is 0.0643. The Bertz CT molecular complexity index is 919. The summed E-state index contributed by atoms with van der Waals surface area (Å²) in [5, 5.41) is 30.6. The number of ether oxygens (including phenoxy) is 1. The monoisotopic (exact) mass is 334 g/mol. The number of hydrogen-bond donors (Lipinski definition) is 5. The van der Waals surface area contributed by atoms with E-state index in [2.05, 4.69) is 30.4 Å². The number of aliphatic hydroxyl groups excluding tert-OH is 2. The lowest BCUT2D eigenvalue weighted by molar-refractivity contribution is -0.0347. The van der Waals surface area contributed by atoms with Crippen molar-refractivity contribution in [1.82, 2.24) is 34.9 Å². The van der Waals surface area contributed by atoms with E-state index in [9.17, 15) is 15.0 Å². The Morgan fingerprint density at radius 3 is 2.96 bits per heavy atom. The van der Waals surface area contributed by atoms with Gasteiger partial charge in [0.2, 0.25) is 5.95 Å². The van der Waals surface area contributed by atoms with Crippen LogP contribution in [0.25, 0.3) is 11.2 Å². The molecule has 24 heavy (non-hydrogen) atoms. The molecule has 0 spiro atoms. The fourth-order valence-corrected chi connectivity index (χ4v) is 2.79. The van der Waals surface area contributed by atoms with E-state index >= 15 is 0 Å². The van der Waals surface area contributed by atoms with E-state index in [0.717, 1.165) is 0 Å². The van der Waals surface area contributed by atoms with Crippen molar-refractivity contribution < 1.29 is 14.9 Å². The van der Waals surface area contributed by atoms with Gasteiger partial charge in [0.15, 0.2) is 17.4 Å². The summed E-state index contributed by atoms with van der Waals surface area (Å²) in [5.74, 6) is -0.0820. The highest BCUT2D eigenvalue weighted by molar-refractivity contribution is 5.70. The normalized spacial score (nSPS) is 27.1. The van der Waals surface area contributed by atoms with Gasteiger partial charge in [-0.25, -0.2) is 4.98 Å². The summed E-state index contributed by atoms with van der Waals surface area (Å²) in [6, 6.07) is 0. The first kappa shape index (κ1) is 14.7. The fraction of sp³-hybridized carbons (Fsp3) is 0.417. The molecular weight excluding hydrogens is 320 g/mol. The van der Waals surface area contributed by atoms with Crippen LogP contribution in [-0.4, -0.2) is 63.5 Å². The Hall–Kier alpha value is -2.83. The molecule has 0 unspecified atom stereocenters. The quantitative estimate of drug-likeness (QED) is 0.351. The van der Waals surface area contributed by atoms with Gasteiger partial charge in [-0.05, 0) is 0 Å². The molecule has 6 N–H and O–H groups in total. The van der Waals surface area contributed by atoms with Gasteiger partial charge in [-0.1, -0.05) is 0 Å². The van der Waals surface area contributed by atoms with Crippen LogP contribution >= 0.6 is 0 Å². The molecule has 126 valence electrons. The van der Waals surface area contributed by atoms with E-state index in [1.165, 1.54) is 17.1 Å². The average Bonchev–Trinajstić information content (AvgIpc) is 3.24. The number of fused-ring (bicyclic) bond motifs is 1. The first-order valence-corrected chi connectivity index (χ1v) is 7.13. The van der Waals surface area contributed by atoms with Gasteiger partial charge < -0.3 is 20.7 Å². The van der Waals surface area contributed by atoms with Crippen LogP contribution in [0.3, 0.4) is 0 Å². The van der Waals surface area contributed by atoms with Crippen LogP contribution in [0, 0.1) is 0 Å². The molecule has 1 fully saturated rings. The van der Waals surface area contributed by atoms with Crippen molar-refractivity contribution in [1.29, 1.82) is 0 Å². The highest BCUT2D eigenvalue weighted by atomic mass is 16.6. The van der Waals surface area contributed by atoms with Gasteiger partial charge in [0.25, 0.3) is 5.56 Å². The van der Waals surface area contributed by atoms with E-state index in [0.29, 0.717) is 5.69 Å². The zero-order valence-electron chi connectivity index (χ0n) is 12.2. The van der Waals surface area contributed by atoms with Crippen molar-refractivity contribution >= 4 is 17.1 Å². The molecule has 1 saturated heterocycles. The highest BCUT2D eigenvalue weighted by Gasteiger charge is 2.44. The van der Waals surface area contributed by atoms with Crippen LogP contribution in [0.15, 0.2) is 17.3 Å². The summed E-state index contributed by atoms with van der Waals surface area (Å²) < 4.78 is 7.11. The standard InChI is InChI=1S/C12H14N8O4/c13-12-16-9-6(10(23)17-12)14-3-20(9)11-8(22)7(21)5(24-11)1-4-2-15-19-18-4/h2-3,5,7-8,11,21-22H,1H2,(H,15,18,19)(H3,13,16,17,23)/t5-,7-,8-,11-/m1/s1. The molecule has 12 heteroatoms. The third-order valence-electron chi connectivity index (χ3n) is 3.94. The van der Waals surface area contributed by atoms with Gasteiger partial charge in [0.1, 0.15) is 12.2 Å². The first-order chi connectivity index (χ1) is 11.5. The zero-order valence-corrected chi connectivity index (χ0v) is 12.2. The van der Waals surface area contributed by atoms with E-state index in [-0.39, 0.29) is 23.5 Å². The minimum Gasteiger partial charge on any atom is -0.388 e. The second-order valence-corrected chi connectivity index (χ2v) is 5.49. The molecule has 4 rings (SSSR count). The summed E-state index contributed by atoms with van der Waals surface area (Å²) in [6.07, 6.45) is -0.975. The summed E-state index contributed by atoms with van der Waals surface area (Å²) in [7, 11) is 0. The molecule has 0 radical (unpaired) electrons. The number of nitrogen functional groups attached to an aromatic ring is 1. The number of aliphatic hydroxyl groups is 2. The molecule has 1 aliphatic rings. The predicted molar refractivity (Wildman–Crippen MR) is 78.6 cm³/mol. The molecule has 3 aromatic rings. The van der Waals surface area contributed by atoms with Gasteiger partial charge in [0.05, 0.1) is 24.3 Å².